The van der Waals surface area contributed by atoms with Gasteiger partial charge in [-0.15, -0.1) is 0 Å². The first kappa shape index (κ1) is 16.8. The maximum atomic E-state index is 12.8. The number of benzene rings is 1. The Morgan fingerprint density at radius 2 is 1.96 bits per heavy atom. The van der Waals surface area contributed by atoms with Crippen molar-refractivity contribution >= 4 is 5.91 Å². The van der Waals surface area contributed by atoms with Crippen molar-refractivity contribution in [2.45, 2.75) is 19.6 Å². The topological polar surface area (TPSA) is 56.0 Å². The van der Waals surface area contributed by atoms with Crippen LogP contribution < -0.4 is 0 Å². The SMILES string of the molecule is CN(Cc1nccn1C(F)F)C(=O)c1ccc(Cn2cccn2)cc1. The number of imidazole rings is 1. The van der Waals surface area contributed by atoms with Gasteiger partial charge in [0, 0.05) is 37.4 Å². The smallest absolute Gasteiger partial charge is 0.319 e. The molecule has 1 amide bonds. The maximum Gasteiger partial charge on any atom is 0.319 e. The minimum Gasteiger partial charge on any atom is -0.334 e. The summed E-state index contributed by atoms with van der Waals surface area (Å²) in [6.45, 7) is -2.06. The minimum absolute atomic E-state index is 0.00517. The third-order valence-electron chi connectivity index (χ3n) is 3.79. The lowest BCUT2D eigenvalue weighted by molar-refractivity contribution is 0.0612. The molecular formula is C17H17F2N5O. The summed E-state index contributed by atoms with van der Waals surface area (Å²) in [5.41, 5.74) is 1.50. The quantitative estimate of drug-likeness (QED) is 0.690. The summed E-state index contributed by atoms with van der Waals surface area (Å²) < 4.78 is 28.2. The Balaban J connectivity index is 1.66. The lowest BCUT2D eigenvalue weighted by Gasteiger charge is -2.18. The van der Waals surface area contributed by atoms with E-state index in [0.717, 1.165) is 10.1 Å². The molecule has 0 aliphatic carbocycles. The van der Waals surface area contributed by atoms with E-state index in [2.05, 4.69) is 10.1 Å². The third-order valence-corrected chi connectivity index (χ3v) is 3.79. The van der Waals surface area contributed by atoms with Gasteiger partial charge in [-0.25, -0.2) is 4.98 Å². The van der Waals surface area contributed by atoms with Crippen LogP contribution in [0.3, 0.4) is 0 Å². The zero-order valence-electron chi connectivity index (χ0n) is 13.6. The number of alkyl halides is 2. The van der Waals surface area contributed by atoms with Crippen molar-refractivity contribution in [1.82, 2.24) is 24.2 Å². The van der Waals surface area contributed by atoms with Crippen molar-refractivity contribution in [2.24, 2.45) is 0 Å². The number of carbonyl (C=O) groups excluding carboxylic acids is 1. The Hall–Kier alpha value is -3.03. The monoisotopic (exact) mass is 345 g/mol. The number of halogens is 2. The van der Waals surface area contributed by atoms with E-state index in [0.29, 0.717) is 12.1 Å². The molecule has 0 atom stereocenters. The molecule has 0 N–H and O–H groups in total. The Morgan fingerprint density at radius 3 is 2.60 bits per heavy atom. The van der Waals surface area contributed by atoms with Crippen LogP contribution in [0.15, 0.2) is 55.1 Å². The first-order valence-electron chi connectivity index (χ1n) is 7.66. The zero-order chi connectivity index (χ0) is 17.8. The van der Waals surface area contributed by atoms with E-state index in [4.69, 9.17) is 0 Å². The fraction of sp³-hybridized carbons (Fsp3) is 0.235. The Kier molecular flexibility index (Phi) is 4.87. The molecule has 0 unspecified atom stereocenters. The van der Waals surface area contributed by atoms with E-state index in [-0.39, 0.29) is 18.3 Å². The molecule has 0 radical (unpaired) electrons. The molecule has 2 aromatic heterocycles. The van der Waals surface area contributed by atoms with E-state index in [1.54, 1.807) is 30.1 Å². The Labute approximate surface area is 143 Å². The van der Waals surface area contributed by atoms with Crippen molar-refractivity contribution in [3.8, 4) is 0 Å². The van der Waals surface area contributed by atoms with Crippen LogP contribution in [0.1, 0.15) is 28.3 Å². The normalized spacial score (nSPS) is 11.0. The van der Waals surface area contributed by atoms with Gasteiger partial charge < -0.3 is 4.90 Å². The molecule has 0 spiro atoms. The van der Waals surface area contributed by atoms with Gasteiger partial charge in [0.05, 0.1) is 13.1 Å². The van der Waals surface area contributed by atoms with Crippen molar-refractivity contribution in [3.63, 3.8) is 0 Å². The lowest BCUT2D eigenvalue weighted by atomic mass is 10.1. The van der Waals surface area contributed by atoms with Crippen molar-refractivity contribution in [2.75, 3.05) is 7.05 Å². The molecule has 1 aromatic carbocycles. The van der Waals surface area contributed by atoms with Gasteiger partial charge in [0.25, 0.3) is 5.91 Å². The highest BCUT2D eigenvalue weighted by Gasteiger charge is 2.17. The first-order chi connectivity index (χ1) is 12.0. The predicted molar refractivity (Wildman–Crippen MR) is 87.0 cm³/mol. The average Bonchev–Trinajstić information content (AvgIpc) is 3.26. The Morgan fingerprint density at radius 1 is 1.20 bits per heavy atom. The van der Waals surface area contributed by atoms with Crippen LogP contribution in [-0.2, 0) is 13.1 Å². The van der Waals surface area contributed by atoms with Gasteiger partial charge in [-0.05, 0) is 23.8 Å². The number of carbonyl (C=O) groups is 1. The second kappa shape index (κ2) is 7.25. The van der Waals surface area contributed by atoms with Crippen molar-refractivity contribution in [1.29, 1.82) is 0 Å². The number of hydrogen-bond acceptors (Lipinski definition) is 3. The molecule has 0 fully saturated rings. The molecule has 6 nitrogen and oxygen atoms in total. The summed E-state index contributed by atoms with van der Waals surface area (Å²) >= 11 is 0. The van der Waals surface area contributed by atoms with Crippen molar-refractivity contribution in [3.05, 3.63) is 72.1 Å². The summed E-state index contributed by atoms with van der Waals surface area (Å²) in [6.07, 6.45) is 6.06. The number of aromatic nitrogens is 4. The summed E-state index contributed by atoms with van der Waals surface area (Å²) in [6, 6.07) is 8.98. The largest absolute Gasteiger partial charge is 0.334 e. The molecule has 130 valence electrons. The molecule has 2 heterocycles. The van der Waals surface area contributed by atoms with Crippen LogP contribution in [0.4, 0.5) is 8.78 Å². The van der Waals surface area contributed by atoms with Gasteiger partial charge in [0.2, 0.25) is 0 Å². The van der Waals surface area contributed by atoms with Crippen molar-refractivity contribution < 1.29 is 13.6 Å². The van der Waals surface area contributed by atoms with Crippen LogP contribution in [-0.4, -0.2) is 37.2 Å². The van der Waals surface area contributed by atoms with E-state index in [9.17, 15) is 13.6 Å². The van der Waals surface area contributed by atoms with Crippen LogP contribution in [0.5, 0.6) is 0 Å². The average molecular weight is 345 g/mol. The third kappa shape index (κ3) is 3.90. The molecule has 3 rings (SSSR count). The van der Waals surface area contributed by atoms with Gasteiger partial charge in [-0.3, -0.25) is 14.0 Å². The molecule has 8 heteroatoms. The summed E-state index contributed by atoms with van der Waals surface area (Å²) in [5.74, 6) is -0.115. The summed E-state index contributed by atoms with van der Waals surface area (Å²) in [7, 11) is 1.56. The van der Waals surface area contributed by atoms with E-state index in [1.165, 1.54) is 17.3 Å². The van der Waals surface area contributed by atoms with Crippen LogP contribution in [0, 0.1) is 0 Å². The highest BCUT2D eigenvalue weighted by Crippen LogP contribution is 2.15. The molecule has 0 saturated carbocycles. The van der Waals surface area contributed by atoms with E-state index >= 15 is 0 Å². The van der Waals surface area contributed by atoms with Gasteiger partial charge in [0.1, 0.15) is 5.82 Å². The van der Waals surface area contributed by atoms with Gasteiger partial charge in [-0.2, -0.15) is 13.9 Å². The zero-order valence-corrected chi connectivity index (χ0v) is 13.6. The molecular weight excluding hydrogens is 328 g/mol. The van der Waals surface area contributed by atoms with Gasteiger partial charge in [-0.1, -0.05) is 12.1 Å². The van der Waals surface area contributed by atoms with E-state index < -0.39 is 6.55 Å². The van der Waals surface area contributed by atoms with Gasteiger partial charge in [0.15, 0.2) is 0 Å². The molecule has 0 bridgehead atoms. The molecule has 0 aliphatic heterocycles. The second-order valence-electron chi connectivity index (χ2n) is 5.59. The summed E-state index contributed by atoms with van der Waals surface area (Å²) in [4.78, 5) is 17.7. The molecule has 3 aromatic rings. The Bertz CT molecular complexity index is 827. The number of rotatable bonds is 6. The minimum atomic E-state index is -2.68. The summed E-state index contributed by atoms with van der Waals surface area (Å²) in [5, 5.41) is 4.13. The maximum absolute atomic E-state index is 12.8. The second-order valence-corrected chi connectivity index (χ2v) is 5.59. The van der Waals surface area contributed by atoms with E-state index in [1.807, 2.05) is 24.4 Å². The fourth-order valence-electron chi connectivity index (χ4n) is 2.48. The highest BCUT2D eigenvalue weighted by atomic mass is 19.3. The molecule has 25 heavy (non-hydrogen) atoms. The fourth-order valence-corrected chi connectivity index (χ4v) is 2.48. The molecule has 0 aliphatic rings. The highest BCUT2D eigenvalue weighted by molar-refractivity contribution is 5.94. The first-order valence-corrected chi connectivity index (χ1v) is 7.66. The van der Waals surface area contributed by atoms with Crippen LogP contribution >= 0.6 is 0 Å². The van der Waals surface area contributed by atoms with Crippen LogP contribution in [0.2, 0.25) is 0 Å². The number of hydrogen-bond donors (Lipinski definition) is 0. The lowest BCUT2D eigenvalue weighted by Crippen LogP contribution is -2.27. The van der Waals surface area contributed by atoms with Crippen LogP contribution in [0.25, 0.3) is 0 Å². The number of amides is 1. The predicted octanol–water partition coefficient (Wildman–Crippen LogP) is 2.80. The number of nitrogens with zero attached hydrogens (tertiary/aromatic N) is 5. The standard InChI is InChI=1S/C17H17F2N5O/c1-22(12-15-20-8-10-24(15)17(18)19)16(25)14-5-3-13(4-6-14)11-23-9-2-7-21-23/h2-10,17H,11-12H2,1H3. The molecule has 0 saturated heterocycles. The van der Waals surface area contributed by atoms with Gasteiger partial charge >= 0.3 is 6.55 Å².